The van der Waals surface area contributed by atoms with Crippen LogP contribution in [-0.2, 0) is 47.5 Å². The van der Waals surface area contributed by atoms with Gasteiger partial charge in [0, 0.05) is 85.2 Å². The van der Waals surface area contributed by atoms with Gasteiger partial charge in [-0.15, -0.1) is 0 Å². The molecule has 4 saturated heterocycles. The van der Waals surface area contributed by atoms with Gasteiger partial charge in [0.05, 0.1) is 61.0 Å². The van der Waals surface area contributed by atoms with Crippen molar-refractivity contribution in [3.63, 3.8) is 0 Å². The summed E-state index contributed by atoms with van der Waals surface area (Å²) in [5.74, 6) is -9.89. The molecular weight excluding hydrogens is 925 g/mol. The third-order valence-corrected chi connectivity index (χ3v) is 16.3. The Kier molecular flexibility index (Phi) is 21.1. The van der Waals surface area contributed by atoms with Gasteiger partial charge in [0.2, 0.25) is 0 Å². The average molecular weight is 1010 g/mol. The Morgan fingerprint density at radius 3 is 1.41 bits per heavy atom. The molecule has 0 aromatic carbocycles. The first kappa shape index (κ1) is 59.2. The number of aliphatic hydroxyl groups excluding tert-OH is 6. The molecule has 0 aromatic heterocycles. The van der Waals surface area contributed by atoms with E-state index in [1.807, 2.05) is 20.8 Å². The molecule has 5 aliphatic heterocycles. The molecule has 5 rings (SSSR count). The summed E-state index contributed by atoms with van der Waals surface area (Å²) in [6, 6.07) is 0. The standard InChI is InChI=1S/C53H86O18/c1-13-37-34(10)71-53(63,25-41(37)67-45-23-39(55)49(61)36(12)65-45)32(8)47(59)30(6)51-27(3)19-15-17-20-42(56)68-50(26(2)18-14-16-21-43(57)69-51)29(5)46(58)31(7)52(62)24-40(28(4)33(9)70-52)66-44-22-38(54)48(60)35(11)64-44/h14-21,26-41,44-51,54-55,58-63H,13,22-25H2,1-12H3/b18-14+,19-15-,20-17+,21-16+/t26-,27+,28+,29-,30-,31-,32-,33+,34+,35-,36-,37+,38-,39-,40+,41+,44-,45-,46+,47+,48+,49+,50-,51-,52+,53+/m0/s1. The second-order valence-electron chi connectivity index (χ2n) is 21.4. The van der Waals surface area contributed by atoms with Crippen molar-refractivity contribution in [2.24, 2.45) is 47.3 Å². The van der Waals surface area contributed by atoms with Gasteiger partial charge in [-0.1, -0.05) is 91.8 Å². The van der Waals surface area contributed by atoms with Crippen molar-refractivity contribution in [1.82, 2.24) is 0 Å². The van der Waals surface area contributed by atoms with Gasteiger partial charge in [0.15, 0.2) is 24.2 Å². The Balaban J connectivity index is 1.28. The van der Waals surface area contributed by atoms with E-state index >= 15 is 0 Å². The first-order chi connectivity index (χ1) is 33.2. The molecule has 0 unspecified atom stereocenters. The van der Waals surface area contributed by atoms with Crippen molar-refractivity contribution < 1.29 is 88.3 Å². The smallest absolute Gasteiger partial charge is 0.331 e. The van der Waals surface area contributed by atoms with Crippen LogP contribution in [0.1, 0.15) is 115 Å². The minimum Gasteiger partial charge on any atom is -0.458 e. The molecule has 406 valence electrons. The van der Waals surface area contributed by atoms with E-state index in [-0.39, 0.29) is 37.5 Å². The van der Waals surface area contributed by atoms with Crippen molar-refractivity contribution in [2.75, 3.05) is 0 Å². The third kappa shape index (κ3) is 14.4. The zero-order valence-electron chi connectivity index (χ0n) is 43.7. The van der Waals surface area contributed by atoms with Gasteiger partial charge in [-0.25, -0.2) is 9.59 Å². The van der Waals surface area contributed by atoms with Gasteiger partial charge >= 0.3 is 11.9 Å². The summed E-state index contributed by atoms with van der Waals surface area (Å²) in [7, 11) is 0. The molecule has 26 atom stereocenters. The Morgan fingerprint density at radius 2 is 1.00 bits per heavy atom. The van der Waals surface area contributed by atoms with Gasteiger partial charge in [-0.2, -0.15) is 0 Å². The predicted octanol–water partition coefficient (Wildman–Crippen LogP) is 3.73. The lowest BCUT2D eigenvalue weighted by atomic mass is 9.76. The van der Waals surface area contributed by atoms with Gasteiger partial charge in [-0.05, 0) is 34.1 Å². The first-order valence-corrected chi connectivity index (χ1v) is 25.8. The number of esters is 2. The Labute approximate surface area is 420 Å². The van der Waals surface area contributed by atoms with Gasteiger partial charge in [-0.3, -0.25) is 0 Å². The van der Waals surface area contributed by atoms with Crippen LogP contribution < -0.4 is 0 Å². The van der Waals surface area contributed by atoms with Crippen LogP contribution in [-0.4, -0.2) is 162 Å². The van der Waals surface area contributed by atoms with Crippen LogP contribution in [0.4, 0.5) is 0 Å². The lowest BCUT2D eigenvalue weighted by Crippen LogP contribution is -2.59. The molecule has 0 aromatic rings. The SMILES string of the molecule is CC[C@@H]1[C@@H](C)O[C@@](O)([C@@H](C)[C@H](O)[C@H](C)[C@H]2OC(=O)/C=C/C=C/[C@H](C)[C@@H]([C@@H](C)[C@@H](O)[C@H](C)[C@@]3(O)C[C@@H](O[C@H]4C[C@H](O)[C@H](O)[C@H](C)O4)[C@H](C)[C@@H](C)O3)OC(=O)/C=C/C=C\[C@H]2C)C[C@H]1O[C@H]1C[C@H](O)[C@H](O)[C@H](C)O1. The van der Waals surface area contributed by atoms with E-state index in [4.69, 9.17) is 37.9 Å². The minimum absolute atomic E-state index is 0.0265. The van der Waals surface area contributed by atoms with Crippen molar-refractivity contribution in [3.05, 3.63) is 48.6 Å². The van der Waals surface area contributed by atoms with Gasteiger partial charge < -0.3 is 78.7 Å². The highest BCUT2D eigenvalue weighted by molar-refractivity contribution is 5.83. The zero-order chi connectivity index (χ0) is 52.9. The Hall–Kier alpha value is -2.66. The van der Waals surface area contributed by atoms with Crippen molar-refractivity contribution in [2.45, 2.75) is 225 Å². The quantitative estimate of drug-likeness (QED) is 0.122. The molecule has 0 spiro atoms. The molecule has 5 aliphatic rings. The fourth-order valence-electron chi connectivity index (χ4n) is 11.1. The van der Waals surface area contributed by atoms with Crippen LogP contribution in [0.5, 0.6) is 0 Å². The molecule has 0 radical (unpaired) electrons. The molecule has 0 aliphatic carbocycles. The fourth-order valence-corrected chi connectivity index (χ4v) is 11.1. The number of carbonyl (C=O) groups excluding carboxylic acids is 2. The minimum atomic E-state index is -1.88. The predicted molar refractivity (Wildman–Crippen MR) is 258 cm³/mol. The molecule has 0 amide bonds. The van der Waals surface area contributed by atoms with Crippen molar-refractivity contribution >= 4 is 11.9 Å². The summed E-state index contributed by atoms with van der Waals surface area (Å²) >= 11 is 0. The molecule has 0 saturated carbocycles. The van der Waals surface area contributed by atoms with E-state index in [2.05, 4.69) is 0 Å². The second-order valence-corrected chi connectivity index (χ2v) is 21.4. The lowest BCUT2D eigenvalue weighted by molar-refractivity contribution is -0.345. The number of hydrogen-bond acceptors (Lipinski definition) is 18. The van der Waals surface area contributed by atoms with Crippen LogP contribution >= 0.6 is 0 Å². The van der Waals surface area contributed by atoms with E-state index < -0.39 is 157 Å². The Morgan fingerprint density at radius 1 is 0.606 bits per heavy atom. The maximum Gasteiger partial charge on any atom is 0.331 e. The highest BCUT2D eigenvalue weighted by Gasteiger charge is 2.54. The van der Waals surface area contributed by atoms with Crippen LogP contribution in [0, 0.1) is 47.3 Å². The normalized spacial score (nSPS) is 46.5. The molecule has 71 heavy (non-hydrogen) atoms. The molecule has 5 heterocycles. The number of hydrogen-bond donors (Lipinski definition) is 8. The summed E-state index contributed by atoms with van der Waals surface area (Å²) in [4.78, 5) is 27.0. The van der Waals surface area contributed by atoms with Crippen LogP contribution in [0.2, 0.25) is 0 Å². The maximum atomic E-state index is 13.5. The van der Waals surface area contributed by atoms with Gasteiger partial charge in [0.25, 0.3) is 0 Å². The highest BCUT2D eigenvalue weighted by Crippen LogP contribution is 2.44. The van der Waals surface area contributed by atoms with Crippen LogP contribution in [0.3, 0.4) is 0 Å². The summed E-state index contributed by atoms with van der Waals surface area (Å²) in [6.45, 7) is 21.1. The number of ether oxygens (including phenoxy) is 8. The number of carbonyl (C=O) groups is 2. The van der Waals surface area contributed by atoms with Crippen LogP contribution in [0.15, 0.2) is 48.6 Å². The summed E-state index contributed by atoms with van der Waals surface area (Å²) in [5.41, 5.74) is 0. The topological polar surface area (TPSA) is 270 Å². The summed E-state index contributed by atoms with van der Waals surface area (Å²) < 4.78 is 48.8. The molecule has 18 nitrogen and oxygen atoms in total. The number of rotatable bonds is 13. The number of cyclic esters (lactones) is 2. The van der Waals surface area contributed by atoms with E-state index in [1.54, 1.807) is 86.6 Å². The summed E-state index contributed by atoms with van der Waals surface area (Å²) in [6.07, 6.45) is -1.03. The number of aliphatic hydroxyl groups is 8. The van der Waals surface area contributed by atoms with E-state index in [0.717, 1.165) is 0 Å². The largest absolute Gasteiger partial charge is 0.458 e. The van der Waals surface area contributed by atoms with Gasteiger partial charge in [0.1, 0.15) is 24.4 Å². The molecule has 4 fully saturated rings. The molecule has 0 bridgehead atoms. The van der Waals surface area contributed by atoms with Crippen LogP contribution in [0.25, 0.3) is 0 Å². The van der Waals surface area contributed by atoms with E-state index in [1.165, 1.54) is 24.3 Å². The lowest BCUT2D eigenvalue weighted by Gasteiger charge is -2.50. The summed E-state index contributed by atoms with van der Waals surface area (Å²) in [5, 5.41) is 89.3. The molecular formula is C53H86O18. The first-order valence-electron chi connectivity index (χ1n) is 25.8. The maximum absolute atomic E-state index is 13.5. The average Bonchev–Trinajstić information content (AvgIpc) is 3.30. The van der Waals surface area contributed by atoms with E-state index in [0.29, 0.717) is 6.42 Å². The molecule has 18 heteroatoms. The van der Waals surface area contributed by atoms with Crippen molar-refractivity contribution in [3.8, 4) is 0 Å². The molecule has 8 N–H and O–H groups in total. The highest BCUT2D eigenvalue weighted by atomic mass is 16.7. The number of allylic oxidation sites excluding steroid dienone is 4. The fraction of sp³-hybridized carbons (Fsp3) is 0.811. The van der Waals surface area contributed by atoms with Crippen molar-refractivity contribution in [1.29, 1.82) is 0 Å². The Bertz CT molecular complexity index is 1820. The monoisotopic (exact) mass is 1010 g/mol. The third-order valence-electron chi connectivity index (χ3n) is 16.3. The van der Waals surface area contributed by atoms with E-state index in [9.17, 15) is 50.4 Å². The zero-order valence-corrected chi connectivity index (χ0v) is 43.7. The second kappa shape index (κ2) is 25.2.